The molecular weight excluding hydrogens is 222 g/mol. The standard InChI is InChI=1S/C2H6N.W/c1-2-3;/h3H,2H2,1H3;/q-1;. The molecule has 0 spiro atoms. The van der Waals surface area contributed by atoms with Crippen molar-refractivity contribution in [2.24, 2.45) is 0 Å². The van der Waals surface area contributed by atoms with Crippen molar-refractivity contribution in [3.8, 4) is 0 Å². The summed E-state index contributed by atoms with van der Waals surface area (Å²) in [5.41, 5.74) is 6.21. The normalized spacial score (nSPS) is 4.50. The van der Waals surface area contributed by atoms with Crippen molar-refractivity contribution >= 4 is 0 Å². The Kier molecular flexibility index (Phi) is 20.8. The van der Waals surface area contributed by atoms with Gasteiger partial charge < -0.3 is 5.73 Å². The van der Waals surface area contributed by atoms with E-state index in [0.29, 0.717) is 6.54 Å². The fraction of sp³-hybridized carbons (Fsp3) is 1.00. The van der Waals surface area contributed by atoms with Crippen LogP contribution in [0.3, 0.4) is 0 Å². The molecule has 0 saturated heterocycles. The summed E-state index contributed by atoms with van der Waals surface area (Å²) < 4.78 is 0. The smallest absolute Gasteiger partial charge is 0 e. The van der Waals surface area contributed by atoms with E-state index in [0.717, 1.165) is 0 Å². The van der Waals surface area contributed by atoms with E-state index in [-0.39, 0.29) is 21.1 Å². The van der Waals surface area contributed by atoms with E-state index < -0.39 is 0 Å². The fourth-order valence-corrected chi connectivity index (χ4v) is 0. The molecule has 1 nitrogen and oxygen atoms in total. The first-order chi connectivity index (χ1) is 1.41. The van der Waals surface area contributed by atoms with Crippen molar-refractivity contribution in [3.05, 3.63) is 5.73 Å². The molecule has 4 heavy (non-hydrogen) atoms. The first-order valence-electron chi connectivity index (χ1n) is 1.06. The second kappa shape index (κ2) is 9.42. The predicted octanol–water partition coefficient (Wildman–Crippen LogP) is 1.06. The van der Waals surface area contributed by atoms with Gasteiger partial charge in [-0.2, -0.15) is 6.54 Å². The van der Waals surface area contributed by atoms with Gasteiger partial charge in [-0.05, 0) is 0 Å². The van der Waals surface area contributed by atoms with E-state index in [1.807, 2.05) is 0 Å². The molecule has 0 saturated carbocycles. The van der Waals surface area contributed by atoms with E-state index >= 15 is 0 Å². The van der Waals surface area contributed by atoms with Gasteiger partial charge in [0, 0.05) is 21.1 Å². The maximum Gasteiger partial charge on any atom is 0 e. The van der Waals surface area contributed by atoms with Gasteiger partial charge >= 0.3 is 0 Å². The maximum atomic E-state index is 6.21. The van der Waals surface area contributed by atoms with E-state index in [4.69, 9.17) is 5.73 Å². The van der Waals surface area contributed by atoms with Crippen LogP contribution in [0.2, 0.25) is 0 Å². The number of nitrogens with one attached hydrogen (secondary N) is 1. The van der Waals surface area contributed by atoms with Gasteiger partial charge in [-0.15, -0.1) is 0 Å². The molecule has 0 aromatic heterocycles. The molecule has 26 valence electrons. The Hall–Kier alpha value is 0.648. The molecule has 0 aliphatic carbocycles. The molecule has 0 unspecified atom stereocenters. The molecule has 0 aromatic rings. The average Bonchev–Trinajstić information content (AvgIpc) is 0.918. The summed E-state index contributed by atoms with van der Waals surface area (Å²) in [5, 5.41) is 0. The van der Waals surface area contributed by atoms with Crippen LogP contribution in [0.4, 0.5) is 0 Å². The van der Waals surface area contributed by atoms with Crippen LogP contribution < -0.4 is 0 Å². The molecular formula is C2H6NW-. The van der Waals surface area contributed by atoms with Crippen molar-refractivity contribution in [2.45, 2.75) is 6.92 Å². The van der Waals surface area contributed by atoms with Gasteiger partial charge in [0.05, 0.1) is 0 Å². The Bertz CT molecular complexity index is 6.00. The van der Waals surface area contributed by atoms with Crippen molar-refractivity contribution in [1.82, 2.24) is 0 Å². The quantitative estimate of drug-likeness (QED) is 0.591. The van der Waals surface area contributed by atoms with Crippen molar-refractivity contribution in [1.29, 1.82) is 0 Å². The van der Waals surface area contributed by atoms with Crippen LogP contribution in [0.25, 0.3) is 5.73 Å². The van der Waals surface area contributed by atoms with E-state index in [2.05, 4.69) is 0 Å². The maximum absolute atomic E-state index is 6.21. The summed E-state index contributed by atoms with van der Waals surface area (Å²) in [5.74, 6) is 0. The van der Waals surface area contributed by atoms with Gasteiger partial charge in [0.2, 0.25) is 0 Å². The minimum Gasteiger partial charge on any atom is -0.678 e. The summed E-state index contributed by atoms with van der Waals surface area (Å²) in [7, 11) is 0. The third kappa shape index (κ3) is 17.1. The van der Waals surface area contributed by atoms with Crippen molar-refractivity contribution in [3.63, 3.8) is 0 Å². The Labute approximate surface area is 40.8 Å². The number of hydrogen-bond acceptors (Lipinski definition) is 0. The van der Waals surface area contributed by atoms with Gasteiger partial charge in [-0.3, -0.25) is 0 Å². The second-order valence-corrected chi connectivity index (χ2v) is 0.354. The zero-order valence-corrected chi connectivity index (χ0v) is 5.55. The van der Waals surface area contributed by atoms with Crippen LogP contribution in [-0.4, -0.2) is 6.54 Å². The molecule has 0 rings (SSSR count). The number of hydrogen-bond donors (Lipinski definition) is 0. The Balaban J connectivity index is 0. The summed E-state index contributed by atoms with van der Waals surface area (Å²) in [4.78, 5) is 0. The second-order valence-electron chi connectivity index (χ2n) is 0.354. The van der Waals surface area contributed by atoms with Gasteiger partial charge in [-0.25, -0.2) is 0 Å². The Morgan fingerprint density at radius 1 is 1.75 bits per heavy atom. The molecule has 0 bridgehead atoms. The van der Waals surface area contributed by atoms with Crippen LogP contribution >= 0.6 is 0 Å². The molecule has 0 amide bonds. The molecule has 0 aliphatic heterocycles. The van der Waals surface area contributed by atoms with Crippen molar-refractivity contribution < 1.29 is 21.1 Å². The third-order valence-electron chi connectivity index (χ3n) is 0. The first-order valence-corrected chi connectivity index (χ1v) is 1.06. The number of rotatable bonds is 0. The van der Waals surface area contributed by atoms with Gasteiger partial charge in [0.1, 0.15) is 0 Å². The van der Waals surface area contributed by atoms with Crippen LogP contribution in [0.5, 0.6) is 0 Å². The summed E-state index contributed by atoms with van der Waals surface area (Å²) in [6.45, 7) is 2.29. The van der Waals surface area contributed by atoms with Crippen molar-refractivity contribution in [2.75, 3.05) is 6.54 Å². The summed E-state index contributed by atoms with van der Waals surface area (Å²) in [6, 6.07) is 0. The predicted molar refractivity (Wildman–Crippen MR) is 14.9 cm³/mol. The molecule has 0 fully saturated rings. The van der Waals surface area contributed by atoms with E-state index in [9.17, 15) is 0 Å². The molecule has 2 heteroatoms. The minimum absolute atomic E-state index is 0. The summed E-state index contributed by atoms with van der Waals surface area (Å²) in [6.07, 6.45) is 0. The third-order valence-corrected chi connectivity index (χ3v) is 0. The van der Waals surface area contributed by atoms with Crippen LogP contribution in [0.1, 0.15) is 6.92 Å². The van der Waals surface area contributed by atoms with Crippen LogP contribution in [-0.2, 0) is 21.1 Å². The molecule has 1 N–H and O–H groups in total. The molecule has 0 atom stereocenters. The van der Waals surface area contributed by atoms with Gasteiger partial charge in [0.15, 0.2) is 0 Å². The topological polar surface area (TPSA) is 23.8 Å². The summed E-state index contributed by atoms with van der Waals surface area (Å²) >= 11 is 0. The first kappa shape index (κ1) is 8.82. The minimum atomic E-state index is 0. The monoisotopic (exact) mass is 228 g/mol. The fourth-order valence-electron chi connectivity index (χ4n) is 0. The van der Waals surface area contributed by atoms with Gasteiger partial charge in [0.25, 0.3) is 0 Å². The molecule has 0 aromatic carbocycles. The SMILES string of the molecule is CC[NH-].[W]. The average molecular weight is 228 g/mol. The zero-order valence-electron chi connectivity index (χ0n) is 2.62. The molecule has 0 radical (unpaired) electrons. The zero-order chi connectivity index (χ0) is 2.71. The van der Waals surface area contributed by atoms with Crippen LogP contribution in [0, 0.1) is 0 Å². The largest absolute Gasteiger partial charge is 0.678 e. The molecule has 0 aliphatic rings. The Morgan fingerprint density at radius 3 is 1.75 bits per heavy atom. The van der Waals surface area contributed by atoms with Crippen LogP contribution in [0.15, 0.2) is 0 Å². The van der Waals surface area contributed by atoms with E-state index in [1.165, 1.54) is 0 Å². The molecule has 0 heterocycles. The van der Waals surface area contributed by atoms with E-state index in [1.54, 1.807) is 6.92 Å². The van der Waals surface area contributed by atoms with Gasteiger partial charge in [-0.1, -0.05) is 6.92 Å². The Morgan fingerprint density at radius 2 is 1.75 bits per heavy atom.